The molecule has 0 spiro atoms. The first-order valence-corrected chi connectivity index (χ1v) is 10.4. The smallest absolute Gasteiger partial charge is 0.273 e. The number of nitrogens with one attached hydrogen (secondary N) is 1. The van der Waals surface area contributed by atoms with Crippen LogP contribution in [0.5, 0.6) is 5.75 Å². The summed E-state index contributed by atoms with van der Waals surface area (Å²) < 4.78 is 18.1. The topological polar surface area (TPSA) is 98.8 Å². The van der Waals surface area contributed by atoms with Gasteiger partial charge in [-0.25, -0.2) is 0 Å². The summed E-state index contributed by atoms with van der Waals surface area (Å²) in [5.41, 5.74) is 1.41. The van der Waals surface area contributed by atoms with E-state index in [9.17, 15) is 9.59 Å². The monoisotopic (exact) mass is 438 g/mol. The quantitative estimate of drug-likeness (QED) is 0.550. The molecule has 0 fully saturated rings. The maximum Gasteiger partial charge on any atom is 0.273 e. The summed E-state index contributed by atoms with van der Waals surface area (Å²) in [4.78, 5) is 27.5. The standard InChI is InChI=1S/C23H26N4O5/c1-16-19(15-31-18-7-4-3-5-8-18)21(25-32-16)22(28)24-13-17-14-26-10-6-9-20(26)23(29)27(17)11-12-30-2/h3-10,17H,11-15H2,1-2H3,(H,24,28). The Morgan fingerprint density at radius 3 is 2.84 bits per heavy atom. The molecule has 1 aliphatic rings. The fourth-order valence-electron chi connectivity index (χ4n) is 3.76. The minimum atomic E-state index is -0.369. The van der Waals surface area contributed by atoms with Gasteiger partial charge in [0.1, 0.15) is 23.8 Å². The molecule has 0 radical (unpaired) electrons. The molecule has 32 heavy (non-hydrogen) atoms. The maximum absolute atomic E-state index is 12.9. The highest BCUT2D eigenvalue weighted by molar-refractivity contribution is 5.95. The van der Waals surface area contributed by atoms with Gasteiger partial charge in [0.05, 0.1) is 18.2 Å². The van der Waals surface area contributed by atoms with E-state index >= 15 is 0 Å². The number of benzene rings is 1. The van der Waals surface area contributed by atoms with Gasteiger partial charge in [0.15, 0.2) is 5.69 Å². The number of ether oxygens (including phenoxy) is 2. The summed E-state index contributed by atoms with van der Waals surface area (Å²) in [7, 11) is 1.60. The van der Waals surface area contributed by atoms with Crippen molar-refractivity contribution in [2.45, 2.75) is 26.1 Å². The van der Waals surface area contributed by atoms with Crippen LogP contribution >= 0.6 is 0 Å². The van der Waals surface area contributed by atoms with E-state index in [2.05, 4.69) is 10.5 Å². The minimum absolute atomic E-state index is 0.0771. The SMILES string of the molecule is COCCN1C(=O)c2cccn2CC1CNC(=O)c1noc(C)c1COc1ccccc1. The van der Waals surface area contributed by atoms with Gasteiger partial charge < -0.3 is 28.8 Å². The van der Waals surface area contributed by atoms with Crippen LogP contribution in [0.3, 0.4) is 0 Å². The number of hydrogen-bond acceptors (Lipinski definition) is 6. The molecule has 1 atom stereocenters. The van der Waals surface area contributed by atoms with E-state index in [0.717, 1.165) is 0 Å². The molecule has 2 aromatic heterocycles. The zero-order valence-corrected chi connectivity index (χ0v) is 18.1. The first-order valence-electron chi connectivity index (χ1n) is 10.4. The van der Waals surface area contributed by atoms with Gasteiger partial charge >= 0.3 is 0 Å². The average molecular weight is 438 g/mol. The molecular formula is C23H26N4O5. The van der Waals surface area contributed by atoms with E-state index in [0.29, 0.717) is 42.5 Å². The number of rotatable bonds is 9. The van der Waals surface area contributed by atoms with Crippen molar-refractivity contribution in [1.82, 2.24) is 19.9 Å². The summed E-state index contributed by atoms with van der Waals surface area (Å²) in [6.07, 6.45) is 1.87. The molecule has 3 aromatic rings. The van der Waals surface area contributed by atoms with Gasteiger partial charge in [-0.2, -0.15) is 0 Å². The number of para-hydroxylation sites is 1. The third-order valence-electron chi connectivity index (χ3n) is 5.52. The van der Waals surface area contributed by atoms with Crippen LogP contribution in [0.4, 0.5) is 0 Å². The Balaban J connectivity index is 1.43. The van der Waals surface area contributed by atoms with Crippen molar-refractivity contribution < 1.29 is 23.6 Å². The van der Waals surface area contributed by atoms with Crippen LogP contribution in [-0.4, -0.2) is 59.3 Å². The molecule has 0 saturated carbocycles. The summed E-state index contributed by atoms with van der Waals surface area (Å²) in [5, 5.41) is 6.84. The second-order valence-electron chi connectivity index (χ2n) is 7.57. The van der Waals surface area contributed by atoms with E-state index < -0.39 is 0 Å². The number of aromatic nitrogens is 2. The largest absolute Gasteiger partial charge is 0.489 e. The van der Waals surface area contributed by atoms with Gasteiger partial charge in [0.25, 0.3) is 11.8 Å². The van der Waals surface area contributed by atoms with E-state index in [-0.39, 0.29) is 36.7 Å². The Kier molecular flexibility index (Phi) is 6.55. The number of amides is 2. The summed E-state index contributed by atoms with van der Waals surface area (Å²) >= 11 is 0. The molecule has 9 nitrogen and oxygen atoms in total. The predicted octanol–water partition coefficient (Wildman–Crippen LogP) is 2.26. The van der Waals surface area contributed by atoms with Crippen LogP contribution < -0.4 is 10.1 Å². The van der Waals surface area contributed by atoms with Crippen LogP contribution in [0.15, 0.2) is 53.2 Å². The number of hydrogen-bond donors (Lipinski definition) is 1. The predicted molar refractivity (Wildman–Crippen MR) is 115 cm³/mol. The average Bonchev–Trinajstić information content (AvgIpc) is 3.43. The normalized spacial score (nSPS) is 15.5. The lowest BCUT2D eigenvalue weighted by molar-refractivity contribution is 0.0503. The molecule has 0 bridgehead atoms. The van der Waals surface area contributed by atoms with Crippen LogP contribution in [-0.2, 0) is 17.9 Å². The van der Waals surface area contributed by atoms with E-state index in [1.54, 1.807) is 25.0 Å². The first kappa shape index (κ1) is 21.6. The van der Waals surface area contributed by atoms with Crippen molar-refractivity contribution in [3.63, 3.8) is 0 Å². The molecule has 1 aromatic carbocycles. The molecule has 1 aliphatic heterocycles. The molecule has 1 N–H and O–H groups in total. The van der Waals surface area contributed by atoms with Crippen LogP contribution in [0.25, 0.3) is 0 Å². The van der Waals surface area contributed by atoms with Crippen molar-refractivity contribution >= 4 is 11.8 Å². The summed E-state index contributed by atoms with van der Waals surface area (Å²) in [5.74, 6) is 0.770. The van der Waals surface area contributed by atoms with Gasteiger partial charge in [-0.3, -0.25) is 9.59 Å². The molecule has 2 amide bonds. The maximum atomic E-state index is 12.9. The number of methoxy groups -OCH3 is 1. The van der Waals surface area contributed by atoms with Crippen molar-refractivity contribution in [3.05, 3.63) is 71.4 Å². The van der Waals surface area contributed by atoms with Gasteiger partial charge in [-0.05, 0) is 31.2 Å². The molecule has 0 aliphatic carbocycles. The van der Waals surface area contributed by atoms with Crippen molar-refractivity contribution in [2.75, 3.05) is 26.8 Å². The molecule has 168 valence electrons. The van der Waals surface area contributed by atoms with Crippen molar-refractivity contribution in [3.8, 4) is 5.75 Å². The Hall–Kier alpha value is -3.59. The number of carbonyl (C=O) groups excluding carboxylic acids is 2. The highest BCUT2D eigenvalue weighted by atomic mass is 16.5. The fraction of sp³-hybridized carbons (Fsp3) is 0.348. The van der Waals surface area contributed by atoms with Crippen LogP contribution in [0.1, 0.15) is 32.3 Å². The van der Waals surface area contributed by atoms with Crippen LogP contribution in [0.2, 0.25) is 0 Å². The number of fused-ring (bicyclic) bond motifs is 1. The summed E-state index contributed by atoms with van der Waals surface area (Å²) in [6.45, 7) is 3.63. The Morgan fingerprint density at radius 1 is 1.25 bits per heavy atom. The summed E-state index contributed by atoms with van der Waals surface area (Å²) in [6, 6.07) is 12.8. The second kappa shape index (κ2) is 9.69. The molecule has 1 unspecified atom stereocenters. The third kappa shape index (κ3) is 4.52. The Morgan fingerprint density at radius 2 is 2.06 bits per heavy atom. The molecule has 4 rings (SSSR count). The zero-order chi connectivity index (χ0) is 22.5. The lowest BCUT2D eigenvalue weighted by Crippen LogP contribution is -2.53. The highest BCUT2D eigenvalue weighted by Gasteiger charge is 2.32. The molecule has 0 saturated heterocycles. The zero-order valence-electron chi connectivity index (χ0n) is 18.1. The van der Waals surface area contributed by atoms with Crippen molar-refractivity contribution in [2.24, 2.45) is 0 Å². The van der Waals surface area contributed by atoms with Crippen LogP contribution in [0, 0.1) is 6.92 Å². The third-order valence-corrected chi connectivity index (χ3v) is 5.52. The lowest BCUT2D eigenvalue weighted by atomic mass is 10.1. The molecule has 3 heterocycles. The number of aryl methyl sites for hydroxylation is 1. The highest BCUT2D eigenvalue weighted by Crippen LogP contribution is 2.20. The fourth-order valence-corrected chi connectivity index (χ4v) is 3.76. The van der Waals surface area contributed by atoms with E-state index in [4.69, 9.17) is 14.0 Å². The number of carbonyl (C=O) groups is 2. The van der Waals surface area contributed by atoms with Gasteiger partial charge in [0, 0.05) is 32.9 Å². The second-order valence-corrected chi connectivity index (χ2v) is 7.57. The molecule has 9 heteroatoms. The Bertz CT molecular complexity index is 1080. The molecular weight excluding hydrogens is 412 g/mol. The number of nitrogens with zero attached hydrogens (tertiary/aromatic N) is 3. The van der Waals surface area contributed by atoms with Gasteiger partial charge in [-0.15, -0.1) is 0 Å². The van der Waals surface area contributed by atoms with Gasteiger partial charge in [-0.1, -0.05) is 23.4 Å². The van der Waals surface area contributed by atoms with Gasteiger partial charge in [0.2, 0.25) is 0 Å². The van der Waals surface area contributed by atoms with E-state index in [1.807, 2.05) is 47.2 Å². The van der Waals surface area contributed by atoms with Crippen molar-refractivity contribution in [1.29, 1.82) is 0 Å². The lowest BCUT2D eigenvalue weighted by Gasteiger charge is -2.36. The van der Waals surface area contributed by atoms with E-state index in [1.165, 1.54) is 0 Å². The minimum Gasteiger partial charge on any atom is -0.489 e. The Labute approximate surface area is 185 Å². The first-order chi connectivity index (χ1) is 15.6.